The average molecular weight is 428 g/mol. The molecule has 1 aliphatic heterocycles. The van der Waals surface area contributed by atoms with Crippen molar-refractivity contribution in [2.75, 3.05) is 0 Å². The first-order chi connectivity index (χ1) is 11.0. The van der Waals surface area contributed by atoms with Gasteiger partial charge in [-0.1, -0.05) is 12.5 Å². The van der Waals surface area contributed by atoms with E-state index in [1.54, 1.807) is 23.0 Å². The number of carbonyl (C=O) groups is 1. The zero-order valence-electron chi connectivity index (χ0n) is 12.4. The highest BCUT2D eigenvalue weighted by atomic mass is 127. The fourth-order valence-corrected chi connectivity index (χ4v) is 6.10. The van der Waals surface area contributed by atoms with Crippen LogP contribution in [0.15, 0.2) is 12.1 Å². The SMILES string of the molecule is O=C1CC(O)C2(O)[C@@H]3CCC[C@@]24c2c(ccc(OI)c2OC14)C3. The van der Waals surface area contributed by atoms with E-state index < -0.39 is 23.2 Å². The van der Waals surface area contributed by atoms with Gasteiger partial charge in [-0.2, -0.15) is 0 Å². The molecule has 6 heteroatoms. The first-order valence-corrected chi connectivity index (χ1v) is 8.97. The number of aliphatic hydroxyl groups excluding tert-OH is 1. The minimum Gasteiger partial charge on any atom is -0.477 e. The monoisotopic (exact) mass is 428 g/mol. The van der Waals surface area contributed by atoms with Gasteiger partial charge in [0.1, 0.15) is 5.60 Å². The van der Waals surface area contributed by atoms with E-state index in [1.165, 1.54) is 0 Å². The molecule has 4 aliphatic rings. The van der Waals surface area contributed by atoms with Gasteiger partial charge in [-0.05, 0) is 36.8 Å². The normalized spacial score (nSPS) is 42.9. The number of carbonyl (C=O) groups excluding carboxylic acids is 1. The summed E-state index contributed by atoms with van der Waals surface area (Å²) in [5.41, 5.74) is -0.0803. The summed E-state index contributed by atoms with van der Waals surface area (Å²) in [6.07, 6.45) is 1.41. The van der Waals surface area contributed by atoms with Gasteiger partial charge < -0.3 is 18.0 Å². The van der Waals surface area contributed by atoms with Crippen LogP contribution in [0.25, 0.3) is 0 Å². The van der Waals surface area contributed by atoms with E-state index in [4.69, 9.17) is 7.80 Å². The summed E-state index contributed by atoms with van der Waals surface area (Å²) < 4.78 is 11.5. The Balaban J connectivity index is 1.88. The molecular formula is C17H17IO5. The number of benzene rings is 1. The van der Waals surface area contributed by atoms with E-state index in [0.29, 0.717) is 24.3 Å². The highest BCUT2D eigenvalue weighted by Gasteiger charge is 2.74. The molecule has 1 aromatic rings. The van der Waals surface area contributed by atoms with Crippen molar-refractivity contribution in [3.8, 4) is 11.5 Å². The van der Waals surface area contributed by atoms with Crippen LogP contribution in [0.3, 0.4) is 0 Å². The number of hydrogen-bond acceptors (Lipinski definition) is 5. The minimum absolute atomic E-state index is 0.0322. The molecule has 5 nitrogen and oxygen atoms in total. The standard InChI is InChI=1S/C17H17IO5/c18-23-11-4-3-8-6-9-2-1-5-16-13(8)14(11)22-15(16)10(19)7-12(20)17(9,16)21/h3-4,9,12,15,20-21H,1-2,5-7H2/t9-,12?,15?,16+,17?/m1/s1. The van der Waals surface area contributed by atoms with Gasteiger partial charge in [0, 0.05) is 12.0 Å². The molecule has 2 fully saturated rings. The summed E-state index contributed by atoms with van der Waals surface area (Å²) in [5.74, 6) is 1.02. The molecule has 1 heterocycles. The summed E-state index contributed by atoms with van der Waals surface area (Å²) in [4.78, 5) is 12.6. The summed E-state index contributed by atoms with van der Waals surface area (Å²) in [7, 11) is 0. The van der Waals surface area contributed by atoms with E-state index in [9.17, 15) is 15.0 Å². The lowest BCUT2D eigenvalue weighted by atomic mass is 9.45. The Labute approximate surface area is 147 Å². The van der Waals surface area contributed by atoms with Crippen LogP contribution >= 0.6 is 23.0 Å². The topological polar surface area (TPSA) is 76.0 Å². The van der Waals surface area contributed by atoms with Crippen molar-refractivity contribution in [2.45, 2.75) is 55.3 Å². The van der Waals surface area contributed by atoms with Gasteiger partial charge >= 0.3 is 0 Å². The van der Waals surface area contributed by atoms with Crippen molar-refractivity contribution in [2.24, 2.45) is 5.92 Å². The summed E-state index contributed by atoms with van der Waals surface area (Å²) in [5, 5.41) is 22.3. The zero-order chi connectivity index (χ0) is 16.0. The Morgan fingerprint density at radius 3 is 2.96 bits per heavy atom. The van der Waals surface area contributed by atoms with Gasteiger partial charge in [-0.3, -0.25) is 4.79 Å². The second kappa shape index (κ2) is 4.40. The molecular weight excluding hydrogens is 411 g/mol. The minimum atomic E-state index is -1.29. The molecule has 5 rings (SSSR count). The smallest absolute Gasteiger partial charge is 0.192 e. The van der Waals surface area contributed by atoms with Crippen molar-refractivity contribution < 1.29 is 22.8 Å². The molecule has 0 aromatic heterocycles. The van der Waals surface area contributed by atoms with Crippen LogP contribution in [0.4, 0.5) is 0 Å². The second-order valence-corrected chi connectivity index (χ2v) is 7.72. The molecule has 3 aliphatic carbocycles. The molecule has 2 N–H and O–H groups in total. The number of Topliss-reactive ketones (excluding diaryl/α,β-unsaturated/α-hetero) is 1. The lowest BCUT2D eigenvalue weighted by molar-refractivity contribution is -0.219. The van der Waals surface area contributed by atoms with Gasteiger partial charge in [0.15, 0.2) is 46.4 Å². The molecule has 1 aromatic carbocycles. The Morgan fingerprint density at radius 1 is 1.35 bits per heavy atom. The molecule has 3 unspecified atom stereocenters. The largest absolute Gasteiger partial charge is 0.477 e. The van der Waals surface area contributed by atoms with Gasteiger partial charge in [-0.15, -0.1) is 0 Å². The Kier molecular flexibility index (Phi) is 2.77. The number of rotatable bonds is 1. The van der Waals surface area contributed by atoms with E-state index in [1.807, 2.05) is 12.1 Å². The van der Waals surface area contributed by atoms with Gasteiger partial charge in [0.25, 0.3) is 0 Å². The van der Waals surface area contributed by atoms with Crippen molar-refractivity contribution >= 4 is 28.8 Å². The van der Waals surface area contributed by atoms with Crippen molar-refractivity contribution in [3.63, 3.8) is 0 Å². The number of aliphatic hydroxyl groups is 2. The van der Waals surface area contributed by atoms with Crippen molar-refractivity contribution in [1.82, 2.24) is 0 Å². The lowest BCUT2D eigenvalue weighted by Crippen LogP contribution is -2.75. The van der Waals surface area contributed by atoms with Crippen molar-refractivity contribution in [1.29, 1.82) is 0 Å². The molecule has 5 atom stereocenters. The third-order valence-electron chi connectivity index (χ3n) is 6.54. The molecule has 0 radical (unpaired) electrons. The first-order valence-electron chi connectivity index (χ1n) is 8.08. The average Bonchev–Trinajstić information content (AvgIpc) is 2.86. The van der Waals surface area contributed by atoms with Gasteiger partial charge in [-0.25, -0.2) is 0 Å². The van der Waals surface area contributed by atoms with E-state index in [0.717, 1.165) is 24.0 Å². The second-order valence-electron chi connectivity index (χ2n) is 7.28. The van der Waals surface area contributed by atoms with Crippen LogP contribution in [-0.4, -0.2) is 33.8 Å². The van der Waals surface area contributed by atoms with Gasteiger partial charge in [0.05, 0.1) is 11.5 Å². The Bertz CT molecular complexity index is 734. The highest BCUT2D eigenvalue weighted by molar-refractivity contribution is 14.1. The maximum absolute atomic E-state index is 12.6. The highest BCUT2D eigenvalue weighted by Crippen LogP contribution is 2.66. The predicted octanol–water partition coefficient (Wildman–Crippen LogP) is 1.84. The van der Waals surface area contributed by atoms with Crippen LogP contribution in [0.2, 0.25) is 0 Å². The summed E-state index contributed by atoms with van der Waals surface area (Å²) in [6.45, 7) is 0. The number of hydrogen-bond donors (Lipinski definition) is 2. The molecule has 0 saturated heterocycles. The predicted molar refractivity (Wildman–Crippen MR) is 88.8 cm³/mol. The fourth-order valence-electron chi connectivity index (χ4n) is 5.76. The van der Waals surface area contributed by atoms with Crippen LogP contribution in [0.1, 0.15) is 36.8 Å². The summed E-state index contributed by atoms with van der Waals surface area (Å²) in [6, 6.07) is 3.89. The van der Waals surface area contributed by atoms with E-state index >= 15 is 0 Å². The number of ketones is 1. The number of halogens is 1. The molecule has 23 heavy (non-hydrogen) atoms. The van der Waals surface area contributed by atoms with Crippen LogP contribution < -0.4 is 7.80 Å². The van der Waals surface area contributed by atoms with Crippen molar-refractivity contribution in [3.05, 3.63) is 23.3 Å². The third kappa shape index (κ3) is 1.41. The summed E-state index contributed by atoms with van der Waals surface area (Å²) >= 11 is 1.81. The molecule has 0 amide bonds. The van der Waals surface area contributed by atoms with Crippen LogP contribution in [0.5, 0.6) is 11.5 Å². The number of ether oxygens (including phenoxy) is 1. The lowest BCUT2D eigenvalue weighted by Gasteiger charge is -2.61. The first kappa shape index (κ1) is 14.5. The zero-order valence-corrected chi connectivity index (χ0v) is 14.6. The van der Waals surface area contributed by atoms with Gasteiger partial charge in [0.2, 0.25) is 0 Å². The molecule has 2 saturated carbocycles. The van der Waals surface area contributed by atoms with Crippen LogP contribution in [0, 0.1) is 5.92 Å². The Hall–Kier alpha value is -0.860. The maximum atomic E-state index is 12.6. The molecule has 122 valence electrons. The quantitative estimate of drug-likeness (QED) is 0.668. The molecule has 2 bridgehead atoms. The van der Waals surface area contributed by atoms with E-state index in [-0.39, 0.29) is 18.1 Å². The van der Waals surface area contributed by atoms with E-state index in [2.05, 4.69) is 0 Å². The van der Waals surface area contributed by atoms with Crippen LogP contribution in [-0.2, 0) is 16.6 Å². The third-order valence-corrected chi connectivity index (χ3v) is 7.02. The Morgan fingerprint density at radius 2 is 2.17 bits per heavy atom. The molecule has 1 spiro atoms. The maximum Gasteiger partial charge on any atom is 0.192 e. The fraction of sp³-hybridized carbons (Fsp3) is 0.588.